The Balaban J connectivity index is 1.00. The second-order valence-corrected chi connectivity index (χ2v) is 11.1. The van der Waals surface area contributed by atoms with E-state index < -0.39 is 6.04 Å². The molecule has 9 nitrogen and oxygen atoms in total. The molecular weight excluding hydrogens is 480 g/mol. The summed E-state index contributed by atoms with van der Waals surface area (Å²) in [6.45, 7) is 7.67. The third kappa shape index (κ3) is 4.95. The first-order chi connectivity index (χ1) is 18.4. The van der Waals surface area contributed by atoms with Gasteiger partial charge in [-0.1, -0.05) is 6.07 Å². The van der Waals surface area contributed by atoms with Gasteiger partial charge in [-0.05, 0) is 67.1 Å². The number of nitrogens with one attached hydrogen (secondary N) is 1. The van der Waals surface area contributed by atoms with Crippen LogP contribution in [0, 0.1) is 5.92 Å². The van der Waals surface area contributed by atoms with Gasteiger partial charge >= 0.3 is 0 Å². The number of rotatable bonds is 5. The van der Waals surface area contributed by atoms with Crippen molar-refractivity contribution in [3.8, 4) is 0 Å². The number of nitrogens with zero attached hydrogens (tertiary/aromatic N) is 4. The van der Waals surface area contributed by atoms with Gasteiger partial charge in [0.2, 0.25) is 11.8 Å². The molecule has 6 rings (SSSR count). The van der Waals surface area contributed by atoms with Crippen LogP contribution in [0.5, 0.6) is 0 Å². The molecule has 3 fully saturated rings. The van der Waals surface area contributed by atoms with Crippen LogP contribution in [0.1, 0.15) is 41.6 Å². The zero-order valence-electron chi connectivity index (χ0n) is 21.8. The van der Waals surface area contributed by atoms with Gasteiger partial charge in [-0.25, -0.2) is 0 Å². The second kappa shape index (κ2) is 10.3. The van der Waals surface area contributed by atoms with Gasteiger partial charge < -0.3 is 20.4 Å². The molecule has 3 saturated heterocycles. The topological polar surface area (TPSA) is 102 Å². The number of anilines is 3. The van der Waals surface area contributed by atoms with E-state index in [2.05, 4.69) is 38.2 Å². The van der Waals surface area contributed by atoms with E-state index in [-0.39, 0.29) is 24.1 Å². The molecule has 38 heavy (non-hydrogen) atoms. The third-order valence-corrected chi connectivity index (χ3v) is 8.64. The number of carbonyl (C=O) groups is 3. The maximum Gasteiger partial charge on any atom is 0.255 e. The van der Waals surface area contributed by atoms with Crippen molar-refractivity contribution >= 4 is 34.8 Å². The first-order valence-electron chi connectivity index (χ1n) is 13.8. The summed E-state index contributed by atoms with van der Waals surface area (Å²) in [5.41, 5.74) is 10.6. The van der Waals surface area contributed by atoms with Crippen LogP contribution < -0.4 is 20.9 Å². The Hall–Kier alpha value is -3.59. The summed E-state index contributed by atoms with van der Waals surface area (Å²) in [6.07, 6.45) is 3.08. The smallest absolute Gasteiger partial charge is 0.255 e. The van der Waals surface area contributed by atoms with Crippen LogP contribution in [0.25, 0.3) is 0 Å². The number of piperazine rings is 1. The maximum absolute atomic E-state index is 13.2. The molecule has 3 N–H and O–H groups in total. The van der Waals surface area contributed by atoms with Gasteiger partial charge in [-0.2, -0.15) is 0 Å². The Bertz CT molecular complexity index is 1220. The van der Waals surface area contributed by atoms with Crippen LogP contribution >= 0.6 is 0 Å². The highest BCUT2D eigenvalue weighted by atomic mass is 16.2. The standard InChI is InChI=1S/C29H36N6O3/c30-22-2-5-23(6-3-22)33-11-9-20(10-12-33)18-32-13-15-34(16-14-32)24-4-1-21-19-35(29(38)25(21)17-24)26-7-8-27(36)31-28(26)37/h1-6,17,20,26H,7-16,18-19,30H2,(H,31,36,37). The third-order valence-electron chi connectivity index (χ3n) is 8.64. The zero-order valence-corrected chi connectivity index (χ0v) is 21.8. The molecule has 0 aliphatic carbocycles. The first kappa shape index (κ1) is 24.7. The van der Waals surface area contributed by atoms with Crippen LogP contribution in [0.2, 0.25) is 0 Å². The van der Waals surface area contributed by atoms with Gasteiger partial charge in [0.1, 0.15) is 6.04 Å². The van der Waals surface area contributed by atoms with E-state index in [1.807, 2.05) is 24.3 Å². The molecule has 9 heteroatoms. The lowest BCUT2D eigenvalue weighted by molar-refractivity contribution is -0.136. The van der Waals surface area contributed by atoms with E-state index in [1.165, 1.54) is 18.5 Å². The van der Waals surface area contributed by atoms with Crippen molar-refractivity contribution in [1.82, 2.24) is 15.1 Å². The van der Waals surface area contributed by atoms with Crippen molar-refractivity contribution in [2.75, 3.05) is 61.3 Å². The van der Waals surface area contributed by atoms with Crippen molar-refractivity contribution in [3.05, 3.63) is 53.6 Å². The quantitative estimate of drug-likeness (QED) is 0.463. The van der Waals surface area contributed by atoms with E-state index in [1.54, 1.807) is 4.90 Å². The van der Waals surface area contributed by atoms with Gasteiger partial charge in [-0.15, -0.1) is 0 Å². The molecule has 3 amide bonds. The molecule has 0 spiro atoms. The van der Waals surface area contributed by atoms with Crippen LogP contribution in [0.15, 0.2) is 42.5 Å². The summed E-state index contributed by atoms with van der Waals surface area (Å²) >= 11 is 0. The van der Waals surface area contributed by atoms with Crippen LogP contribution in [0.4, 0.5) is 17.1 Å². The molecule has 2 aromatic rings. The molecular formula is C29H36N6O3. The minimum Gasteiger partial charge on any atom is -0.399 e. The highest BCUT2D eigenvalue weighted by molar-refractivity contribution is 6.05. The number of fused-ring (bicyclic) bond motifs is 1. The Morgan fingerprint density at radius 1 is 0.816 bits per heavy atom. The summed E-state index contributed by atoms with van der Waals surface area (Å²) in [4.78, 5) is 46.1. The number of hydrogen-bond acceptors (Lipinski definition) is 7. The van der Waals surface area contributed by atoms with E-state index in [4.69, 9.17) is 5.73 Å². The summed E-state index contributed by atoms with van der Waals surface area (Å²) in [7, 11) is 0. The summed E-state index contributed by atoms with van der Waals surface area (Å²) in [5.74, 6) is -0.0158. The largest absolute Gasteiger partial charge is 0.399 e. The Kier molecular flexibility index (Phi) is 6.69. The Morgan fingerprint density at radius 2 is 1.50 bits per heavy atom. The fourth-order valence-corrected chi connectivity index (χ4v) is 6.35. The van der Waals surface area contributed by atoms with Gasteiger partial charge in [0.25, 0.3) is 5.91 Å². The monoisotopic (exact) mass is 516 g/mol. The lowest BCUT2D eigenvalue weighted by Crippen LogP contribution is -2.52. The second-order valence-electron chi connectivity index (χ2n) is 11.1. The summed E-state index contributed by atoms with van der Waals surface area (Å²) in [6, 6.07) is 13.7. The van der Waals surface area contributed by atoms with Gasteiger partial charge in [0.05, 0.1) is 0 Å². The van der Waals surface area contributed by atoms with Crippen molar-refractivity contribution in [1.29, 1.82) is 0 Å². The molecule has 0 bridgehead atoms. The molecule has 0 radical (unpaired) electrons. The minimum absolute atomic E-state index is 0.111. The molecule has 1 unspecified atom stereocenters. The maximum atomic E-state index is 13.2. The number of carbonyl (C=O) groups excluding carboxylic acids is 3. The highest BCUT2D eigenvalue weighted by Gasteiger charge is 2.39. The Labute approximate surface area is 223 Å². The number of piperidine rings is 2. The number of nitrogen functional groups attached to an aromatic ring is 1. The molecule has 4 aliphatic rings. The number of hydrogen-bond donors (Lipinski definition) is 2. The number of benzene rings is 2. The van der Waals surface area contributed by atoms with Gasteiger partial charge in [0, 0.05) is 81.4 Å². The molecule has 0 aromatic heterocycles. The number of nitrogens with two attached hydrogens (primary N) is 1. The molecule has 1 atom stereocenters. The van der Waals surface area contributed by atoms with Crippen molar-refractivity contribution < 1.29 is 14.4 Å². The predicted octanol–water partition coefficient (Wildman–Crippen LogP) is 2.07. The highest BCUT2D eigenvalue weighted by Crippen LogP contribution is 2.31. The van der Waals surface area contributed by atoms with Crippen molar-refractivity contribution in [2.45, 2.75) is 38.3 Å². The first-order valence-corrected chi connectivity index (χ1v) is 13.8. The fraction of sp³-hybridized carbons (Fsp3) is 0.483. The van der Waals surface area contributed by atoms with Crippen LogP contribution in [-0.4, -0.2) is 79.4 Å². The normalized spacial score (nSPS) is 23.1. The van der Waals surface area contributed by atoms with E-state index >= 15 is 0 Å². The minimum atomic E-state index is -0.571. The summed E-state index contributed by atoms with van der Waals surface area (Å²) in [5, 5.41) is 2.37. The predicted molar refractivity (Wildman–Crippen MR) is 147 cm³/mol. The lowest BCUT2D eigenvalue weighted by Gasteiger charge is -2.40. The average Bonchev–Trinajstić information content (AvgIpc) is 3.25. The number of imide groups is 1. The molecule has 2 aromatic carbocycles. The van der Waals surface area contributed by atoms with Crippen molar-refractivity contribution in [2.24, 2.45) is 5.92 Å². The van der Waals surface area contributed by atoms with E-state index in [9.17, 15) is 14.4 Å². The summed E-state index contributed by atoms with van der Waals surface area (Å²) < 4.78 is 0. The van der Waals surface area contributed by atoms with Crippen molar-refractivity contribution in [3.63, 3.8) is 0 Å². The van der Waals surface area contributed by atoms with Gasteiger partial charge in [0.15, 0.2) is 0 Å². The average molecular weight is 517 g/mol. The van der Waals surface area contributed by atoms with E-state index in [0.717, 1.165) is 68.7 Å². The van der Waals surface area contributed by atoms with Gasteiger partial charge in [-0.3, -0.25) is 24.6 Å². The SMILES string of the molecule is Nc1ccc(N2CCC(CN3CCN(c4ccc5c(c4)C(=O)N(C4CCC(=O)NC4=O)C5)CC3)CC2)cc1. The van der Waals surface area contributed by atoms with E-state index in [0.29, 0.717) is 18.5 Å². The zero-order chi connectivity index (χ0) is 26.2. The van der Waals surface area contributed by atoms with Crippen LogP contribution in [-0.2, 0) is 16.1 Å². The molecule has 4 heterocycles. The lowest BCUT2D eigenvalue weighted by atomic mass is 9.95. The molecule has 4 aliphatic heterocycles. The molecule has 0 saturated carbocycles. The Morgan fingerprint density at radius 3 is 2.21 bits per heavy atom. The van der Waals surface area contributed by atoms with Crippen LogP contribution in [0.3, 0.4) is 0 Å². The number of amides is 3. The fourth-order valence-electron chi connectivity index (χ4n) is 6.35. The molecule has 200 valence electrons.